The van der Waals surface area contributed by atoms with Gasteiger partial charge in [-0.1, -0.05) is 24.3 Å². The monoisotopic (exact) mass is 275 g/mol. The first-order chi connectivity index (χ1) is 9.11. The zero-order chi connectivity index (χ0) is 13.8. The van der Waals surface area contributed by atoms with Gasteiger partial charge >= 0.3 is 0 Å². The van der Waals surface area contributed by atoms with Gasteiger partial charge in [0, 0.05) is 24.5 Å². The highest BCUT2D eigenvalue weighted by atomic mass is 32.1. The number of nitrogens with zero attached hydrogens (tertiary/aromatic N) is 2. The molecule has 0 saturated carbocycles. The van der Waals surface area contributed by atoms with Crippen LogP contribution in [0.4, 0.5) is 0 Å². The molecule has 0 spiro atoms. The van der Waals surface area contributed by atoms with Gasteiger partial charge in [0.15, 0.2) is 0 Å². The van der Waals surface area contributed by atoms with Crippen molar-refractivity contribution >= 4 is 11.3 Å². The molecule has 0 aliphatic carbocycles. The molecule has 1 atom stereocenters. The van der Waals surface area contributed by atoms with Gasteiger partial charge in [0.25, 0.3) is 0 Å². The van der Waals surface area contributed by atoms with Crippen molar-refractivity contribution in [3.8, 4) is 0 Å². The molecule has 3 nitrogen and oxygen atoms in total. The number of nitrogens with two attached hydrogens (primary N) is 1. The minimum Gasteiger partial charge on any atom is -0.329 e. The molecule has 0 radical (unpaired) electrons. The lowest BCUT2D eigenvalue weighted by Crippen LogP contribution is -2.30. The van der Waals surface area contributed by atoms with E-state index in [0.29, 0.717) is 6.54 Å². The Bertz CT molecular complexity index is 536. The molecule has 2 N–H and O–H groups in total. The smallest absolute Gasteiger partial charge is 0.0897 e. The Morgan fingerprint density at radius 3 is 2.63 bits per heavy atom. The van der Waals surface area contributed by atoms with E-state index in [1.807, 2.05) is 6.92 Å². The van der Waals surface area contributed by atoms with Crippen LogP contribution in [0.3, 0.4) is 0 Å². The third-order valence-electron chi connectivity index (χ3n) is 3.38. The molecule has 0 aliphatic heterocycles. The molecule has 0 bridgehead atoms. The second kappa shape index (κ2) is 6.28. The number of aryl methyl sites for hydroxylation is 2. The maximum absolute atomic E-state index is 5.97. The standard InChI is InChI=1S/C15H21N3S/c1-11-6-4-5-7-14(11)15(8-16)18(3)9-13-10-19-12(2)17-13/h4-7,10,15H,8-9,16H2,1-3H3. The van der Waals surface area contributed by atoms with Crippen molar-refractivity contribution in [2.75, 3.05) is 13.6 Å². The predicted molar refractivity (Wildman–Crippen MR) is 81.3 cm³/mol. The van der Waals surface area contributed by atoms with Gasteiger partial charge in [0.1, 0.15) is 0 Å². The molecule has 1 aromatic carbocycles. The van der Waals surface area contributed by atoms with Crippen LogP contribution >= 0.6 is 11.3 Å². The van der Waals surface area contributed by atoms with Gasteiger partial charge in [-0.3, -0.25) is 4.90 Å². The van der Waals surface area contributed by atoms with E-state index in [1.165, 1.54) is 11.1 Å². The Hall–Kier alpha value is -1.23. The highest BCUT2D eigenvalue weighted by molar-refractivity contribution is 7.09. The number of likely N-dealkylation sites (N-methyl/N-ethyl adjacent to an activating group) is 1. The third-order valence-corrected chi connectivity index (χ3v) is 4.20. The molecule has 0 saturated heterocycles. The SMILES string of the molecule is Cc1nc(CN(C)C(CN)c2ccccc2C)cs1. The Kier molecular flexibility index (Phi) is 4.69. The number of rotatable bonds is 5. The molecule has 4 heteroatoms. The van der Waals surface area contributed by atoms with Crippen LogP contribution in [0.1, 0.15) is 27.9 Å². The highest BCUT2D eigenvalue weighted by Crippen LogP contribution is 2.23. The minimum absolute atomic E-state index is 0.239. The van der Waals surface area contributed by atoms with Crippen LogP contribution in [-0.2, 0) is 6.54 Å². The molecule has 0 fully saturated rings. The molecule has 1 unspecified atom stereocenters. The van der Waals surface area contributed by atoms with E-state index in [2.05, 4.69) is 53.5 Å². The molecule has 19 heavy (non-hydrogen) atoms. The van der Waals surface area contributed by atoms with Crippen molar-refractivity contribution in [3.63, 3.8) is 0 Å². The normalized spacial score (nSPS) is 12.9. The van der Waals surface area contributed by atoms with Gasteiger partial charge < -0.3 is 5.73 Å². The first-order valence-corrected chi connectivity index (χ1v) is 7.36. The molecule has 2 rings (SSSR count). The van der Waals surface area contributed by atoms with Crippen LogP contribution < -0.4 is 5.73 Å². The second-order valence-corrected chi connectivity index (χ2v) is 5.94. The summed E-state index contributed by atoms with van der Waals surface area (Å²) in [7, 11) is 2.11. The largest absolute Gasteiger partial charge is 0.329 e. The maximum Gasteiger partial charge on any atom is 0.0897 e. The summed E-state index contributed by atoms with van der Waals surface area (Å²) in [6.45, 7) is 5.62. The quantitative estimate of drug-likeness (QED) is 0.912. The van der Waals surface area contributed by atoms with E-state index in [9.17, 15) is 0 Å². The van der Waals surface area contributed by atoms with E-state index >= 15 is 0 Å². The summed E-state index contributed by atoms with van der Waals surface area (Å²) in [6, 6.07) is 8.68. The van der Waals surface area contributed by atoms with E-state index in [4.69, 9.17) is 5.73 Å². The van der Waals surface area contributed by atoms with Crippen LogP contribution in [0, 0.1) is 13.8 Å². The van der Waals surface area contributed by atoms with Gasteiger partial charge in [0.05, 0.1) is 10.7 Å². The molecule has 102 valence electrons. The first kappa shape index (κ1) is 14.2. The zero-order valence-corrected chi connectivity index (χ0v) is 12.6. The fraction of sp³-hybridized carbons (Fsp3) is 0.400. The molecule has 0 amide bonds. The summed E-state index contributed by atoms with van der Waals surface area (Å²) in [5.41, 5.74) is 9.69. The summed E-state index contributed by atoms with van der Waals surface area (Å²) >= 11 is 1.70. The topological polar surface area (TPSA) is 42.2 Å². The number of hydrogen-bond acceptors (Lipinski definition) is 4. The van der Waals surface area contributed by atoms with E-state index < -0.39 is 0 Å². The molecular formula is C15H21N3S. The van der Waals surface area contributed by atoms with E-state index in [1.54, 1.807) is 11.3 Å². The second-order valence-electron chi connectivity index (χ2n) is 4.88. The van der Waals surface area contributed by atoms with Crippen LogP contribution in [-0.4, -0.2) is 23.5 Å². The fourth-order valence-corrected chi connectivity index (χ4v) is 2.96. The summed E-state index contributed by atoms with van der Waals surface area (Å²) in [5.74, 6) is 0. The van der Waals surface area contributed by atoms with Crippen LogP contribution in [0.5, 0.6) is 0 Å². The van der Waals surface area contributed by atoms with Crippen molar-refractivity contribution in [1.82, 2.24) is 9.88 Å². The van der Waals surface area contributed by atoms with Crippen molar-refractivity contribution in [2.45, 2.75) is 26.4 Å². The summed E-state index contributed by atoms with van der Waals surface area (Å²) in [4.78, 5) is 6.79. The minimum atomic E-state index is 0.239. The maximum atomic E-state index is 5.97. The van der Waals surface area contributed by atoms with Gasteiger partial charge in [0.2, 0.25) is 0 Å². The van der Waals surface area contributed by atoms with Gasteiger partial charge in [-0.15, -0.1) is 11.3 Å². The number of hydrogen-bond donors (Lipinski definition) is 1. The van der Waals surface area contributed by atoms with E-state index in [-0.39, 0.29) is 6.04 Å². The summed E-state index contributed by atoms with van der Waals surface area (Å²) in [5, 5.41) is 3.24. The number of thiazole rings is 1. The lowest BCUT2D eigenvalue weighted by molar-refractivity contribution is 0.238. The molecule has 1 heterocycles. The molecule has 1 aromatic heterocycles. The van der Waals surface area contributed by atoms with Crippen LogP contribution in [0.2, 0.25) is 0 Å². The van der Waals surface area contributed by atoms with Crippen molar-refractivity contribution in [3.05, 3.63) is 51.5 Å². The lowest BCUT2D eigenvalue weighted by Gasteiger charge is -2.28. The number of aromatic nitrogens is 1. The molecule has 0 aliphatic rings. The first-order valence-electron chi connectivity index (χ1n) is 6.48. The van der Waals surface area contributed by atoms with Gasteiger partial charge in [-0.25, -0.2) is 4.98 Å². The van der Waals surface area contributed by atoms with Gasteiger partial charge in [-0.05, 0) is 32.0 Å². The van der Waals surface area contributed by atoms with Crippen molar-refractivity contribution in [1.29, 1.82) is 0 Å². The number of benzene rings is 1. The zero-order valence-electron chi connectivity index (χ0n) is 11.8. The Morgan fingerprint density at radius 1 is 1.32 bits per heavy atom. The Morgan fingerprint density at radius 2 is 2.05 bits per heavy atom. The Balaban J connectivity index is 2.15. The fourth-order valence-electron chi connectivity index (χ4n) is 2.35. The average Bonchev–Trinajstić information content (AvgIpc) is 2.78. The van der Waals surface area contributed by atoms with E-state index in [0.717, 1.165) is 17.2 Å². The Labute approximate surface area is 119 Å². The summed E-state index contributed by atoms with van der Waals surface area (Å²) < 4.78 is 0. The van der Waals surface area contributed by atoms with Gasteiger partial charge in [-0.2, -0.15) is 0 Å². The third kappa shape index (κ3) is 3.41. The highest BCUT2D eigenvalue weighted by Gasteiger charge is 2.17. The molecular weight excluding hydrogens is 254 g/mol. The van der Waals surface area contributed by atoms with Crippen LogP contribution in [0.15, 0.2) is 29.6 Å². The summed E-state index contributed by atoms with van der Waals surface area (Å²) in [6.07, 6.45) is 0. The average molecular weight is 275 g/mol. The van der Waals surface area contributed by atoms with Crippen molar-refractivity contribution < 1.29 is 0 Å². The predicted octanol–water partition coefficient (Wildman–Crippen LogP) is 2.89. The lowest BCUT2D eigenvalue weighted by atomic mass is 10.0. The molecule has 2 aromatic rings. The van der Waals surface area contributed by atoms with Crippen molar-refractivity contribution in [2.24, 2.45) is 5.73 Å². The van der Waals surface area contributed by atoms with Crippen LogP contribution in [0.25, 0.3) is 0 Å².